The molecular formula is C13H11Br2IN2O. The Bertz CT molecular complexity index is 670. The molecule has 6 heteroatoms. The molecule has 1 aromatic carbocycles. The Balaban J connectivity index is 2.56. The van der Waals surface area contributed by atoms with Crippen LogP contribution in [0.4, 0.5) is 0 Å². The Hall–Kier alpha value is -0.210. The lowest BCUT2D eigenvalue weighted by Gasteiger charge is -2.07. The van der Waals surface area contributed by atoms with Crippen molar-refractivity contribution in [2.24, 2.45) is 0 Å². The average molecular weight is 498 g/mol. The first-order valence-corrected chi connectivity index (χ1v) is 8.43. The van der Waals surface area contributed by atoms with Crippen LogP contribution >= 0.6 is 54.5 Å². The second-order valence-corrected chi connectivity index (χ2v) is 6.84. The van der Waals surface area contributed by atoms with Gasteiger partial charge in [-0.25, -0.2) is 4.98 Å². The van der Waals surface area contributed by atoms with Crippen molar-refractivity contribution in [1.29, 1.82) is 0 Å². The molecule has 0 aliphatic rings. The maximum atomic E-state index is 11.9. The second-order valence-electron chi connectivity index (χ2n) is 4.05. The quantitative estimate of drug-likeness (QED) is 0.634. The van der Waals surface area contributed by atoms with Gasteiger partial charge in [-0.2, -0.15) is 0 Å². The molecule has 0 aliphatic carbocycles. The highest BCUT2D eigenvalue weighted by Crippen LogP contribution is 2.27. The van der Waals surface area contributed by atoms with Gasteiger partial charge in [-0.05, 0) is 73.0 Å². The van der Waals surface area contributed by atoms with Crippen LogP contribution in [0.2, 0.25) is 0 Å². The monoisotopic (exact) mass is 496 g/mol. The molecule has 0 atom stereocenters. The summed E-state index contributed by atoms with van der Waals surface area (Å²) in [6.45, 7) is 2.08. The minimum atomic E-state index is -0.0758. The smallest absolute Gasteiger partial charge is 0.264 e. The fourth-order valence-corrected chi connectivity index (χ4v) is 2.84. The summed E-state index contributed by atoms with van der Waals surface area (Å²) >= 11 is 8.94. The number of halogens is 3. The van der Waals surface area contributed by atoms with Crippen molar-refractivity contribution in [2.75, 3.05) is 0 Å². The normalized spacial score (nSPS) is 10.7. The second kappa shape index (κ2) is 6.49. The van der Waals surface area contributed by atoms with E-state index in [2.05, 4.69) is 71.3 Å². The van der Waals surface area contributed by atoms with Crippen molar-refractivity contribution in [2.45, 2.75) is 19.8 Å². The van der Waals surface area contributed by atoms with Gasteiger partial charge < -0.3 is 4.98 Å². The molecule has 0 saturated carbocycles. The number of nitrogens with zero attached hydrogens (tertiary/aromatic N) is 1. The van der Waals surface area contributed by atoms with E-state index in [1.54, 1.807) is 0 Å². The Morgan fingerprint density at radius 2 is 2.05 bits per heavy atom. The minimum absolute atomic E-state index is 0.0758. The standard InChI is InChI=1S/C13H11Br2IN2O/c1-2-3-10-11(16)13(19)18-12(17-10)7-4-5-8(14)9(15)6-7/h4-6H,2-3H2,1H3,(H,17,18,19). The largest absolute Gasteiger partial charge is 0.306 e. The molecule has 19 heavy (non-hydrogen) atoms. The first-order valence-electron chi connectivity index (χ1n) is 5.77. The molecule has 0 radical (unpaired) electrons. The summed E-state index contributed by atoms with van der Waals surface area (Å²) in [5, 5.41) is 0. The Morgan fingerprint density at radius 3 is 2.68 bits per heavy atom. The lowest BCUT2D eigenvalue weighted by molar-refractivity contribution is 0.860. The zero-order valence-corrected chi connectivity index (χ0v) is 15.5. The Morgan fingerprint density at radius 1 is 1.32 bits per heavy atom. The number of hydrogen-bond acceptors (Lipinski definition) is 2. The SMILES string of the molecule is CCCc1nc(-c2ccc(Br)c(Br)c2)[nH]c(=O)c1I. The molecule has 3 nitrogen and oxygen atoms in total. The van der Waals surface area contributed by atoms with Gasteiger partial charge in [0.1, 0.15) is 5.82 Å². The number of aromatic amines is 1. The highest BCUT2D eigenvalue weighted by Gasteiger charge is 2.10. The van der Waals surface area contributed by atoms with E-state index in [9.17, 15) is 4.79 Å². The van der Waals surface area contributed by atoms with Crippen LogP contribution in [-0.2, 0) is 6.42 Å². The molecule has 0 unspecified atom stereocenters. The van der Waals surface area contributed by atoms with E-state index in [1.807, 2.05) is 18.2 Å². The number of aryl methyl sites for hydroxylation is 1. The van der Waals surface area contributed by atoms with Crippen molar-refractivity contribution >= 4 is 54.5 Å². The van der Waals surface area contributed by atoms with Crippen LogP contribution in [0.5, 0.6) is 0 Å². The van der Waals surface area contributed by atoms with E-state index in [0.29, 0.717) is 9.39 Å². The van der Waals surface area contributed by atoms with Crippen LogP contribution < -0.4 is 5.56 Å². The maximum absolute atomic E-state index is 11.9. The number of hydrogen-bond donors (Lipinski definition) is 1. The average Bonchev–Trinajstić information content (AvgIpc) is 2.38. The zero-order chi connectivity index (χ0) is 14.0. The third-order valence-corrected chi connectivity index (χ3v) is 5.60. The van der Waals surface area contributed by atoms with E-state index < -0.39 is 0 Å². The zero-order valence-electron chi connectivity index (χ0n) is 10.1. The summed E-state index contributed by atoms with van der Waals surface area (Å²) in [5.41, 5.74) is 1.68. The van der Waals surface area contributed by atoms with Gasteiger partial charge in [0.25, 0.3) is 5.56 Å². The molecule has 1 aromatic heterocycles. The molecular weight excluding hydrogens is 487 g/mol. The lowest BCUT2D eigenvalue weighted by Crippen LogP contribution is -2.16. The summed E-state index contributed by atoms with van der Waals surface area (Å²) in [7, 11) is 0. The fraction of sp³-hybridized carbons (Fsp3) is 0.231. The van der Waals surface area contributed by atoms with E-state index in [4.69, 9.17) is 0 Å². The van der Waals surface area contributed by atoms with Gasteiger partial charge in [-0.1, -0.05) is 19.4 Å². The molecule has 0 aliphatic heterocycles. The fourth-order valence-electron chi connectivity index (χ4n) is 1.69. The number of nitrogens with one attached hydrogen (secondary N) is 1. The predicted octanol–water partition coefficient (Wildman–Crippen LogP) is 4.52. The van der Waals surface area contributed by atoms with Gasteiger partial charge >= 0.3 is 0 Å². The summed E-state index contributed by atoms with van der Waals surface area (Å²) in [5.74, 6) is 0.613. The molecule has 2 rings (SSSR count). The summed E-state index contributed by atoms with van der Waals surface area (Å²) in [6.07, 6.45) is 1.78. The van der Waals surface area contributed by atoms with Gasteiger partial charge in [0.2, 0.25) is 0 Å². The van der Waals surface area contributed by atoms with E-state index in [1.165, 1.54) is 0 Å². The van der Waals surface area contributed by atoms with Gasteiger partial charge in [-0.15, -0.1) is 0 Å². The van der Waals surface area contributed by atoms with Crippen molar-refractivity contribution in [1.82, 2.24) is 9.97 Å². The van der Waals surface area contributed by atoms with Crippen LogP contribution in [0.25, 0.3) is 11.4 Å². The molecule has 100 valence electrons. The maximum Gasteiger partial charge on any atom is 0.264 e. The number of rotatable bonds is 3. The Kier molecular flexibility index (Phi) is 5.19. The van der Waals surface area contributed by atoms with Crippen LogP contribution in [0.3, 0.4) is 0 Å². The number of benzene rings is 1. The topological polar surface area (TPSA) is 45.8 Å². The molecule has 0 spiro atoms. The number of H-pyrrole nitrogens is 1. The van der Waals surface area contributed by atoms with Crippen molar-refractivity contribution in [3.05, 3.63) is 46.8 Å². The molecule has 1 heterocycles. The molecule has 2 aromatic rings. The molecule has 0 fully saturated rings. The molecule has 0 bridgehead atoms. The third kappa shape index (κ3) is 3.46. The van der Waals surface area contributed by atoms with Crippen LogP contribution in [0.1, 0.15) is 19.0 Å². The summed E-state index contributed by atoms with van der Waals surface area (Å²) in [4.78, 5) is 19.3. The molecule has 1 N–H and O–H groups in total. The van der Waals surface area contributed by atoms with Gasteiger partial charge in [-0.3, -0.25) is 4.79 Å². The third-order valence-electron chi connectivity index (χ3n) is 2.61. The molecule has 0 amide bonds. The van der Waals surface area contributed by atoms with Crippen LogP contribution in [0.15, 0.2) is 31.9 Å². The predicted molar refractivity (Wildman–Crippen MR) is 92.4 cm³/mol. The highest BCUT2D eigenvalue weighted by molar-refractivity contribution is 14.1. The summed E-state index contributed by atoms with van der Waals surface area (Å²) < 4.78 is 2.58. The van der Waals surface area contributed by atoms with Gasteiger partial charge in [0, 0.05) is 14.5 Å². The first-order chi connectivity index (χ1) is 9.02. The number of aromatic nitrogens is 2. The minimum Gasteiger partial charge on any atom is -0.306 e. The lowest BCUT2D eigenvalue weighted by atomic mass is 10.2. The van der Waals surface area contributed by atoms with E-state index >= 15 is 0 Å². The highest BCUT2D eigenvalue weighted by atomic mass is 127. The van der Waals surface area contributed by atoms with Crippen LogP contribution in [0, 0.1) is 3.57 Å². The summed E-state index contributed by atoms with van der Waals surface area (Å²) in [6, 6.07) is 5.79. The van der Waals surface area contributed by atoms with Gasteiger partial charge in [0.15, 0.2) is 0 Å². The first kappa shape index (κ1) is 15.2. The Labute approximate surface area is 141 Å². The van der Waals surface area contributed by atoms with Crippen molar-refractivity contribution in [3.63, 3.8) is 0 Å². The van der Waals surface area contributed by atoms with Gasteiger partial charge in [0.05, 0.1) is 9.26 Å². The molecule has 0 saturated heterocycles. The van der Waals surface area contributed by atoms with E-state index in [0.717, 1.165) is 33.0 Å². The van der Waals surface area contributed by atoms with Crippen molar-refractivity contribution < 1.29 is 0 Å². The van der Waals surface area contributed by atoms with E-state index in [-0.39, 0.29) is 5.56 Å². The van der Waals surface area contributed by atoms with Crippen molar-refractivity contribution in [3.8, 4) is 11.4 Å². The van der Waals surface area contributed by atoms with Crippen LogP contribution in [-0.4, -0.2) is 9.97 Å².